The smallest absolute Gasteiger partial charge is 0 e. The normalized spacial score (nSPS) is 12.5. The van der Waals surface area contributed by atoms with Gasteiger partial charge in [0.15, 0.2) is 0 Å². The maximum Gasteiger partial charge on any atom is 0 e. The Morgan fingerprint density at radius 1 is 1.67 bits per heavy atom. The van der Waals surface area contributed by atoms with Gasteiger partial charge in [0.2, 0.25) is 0 Å². The third-order valence-corrected chi connectivity index (χ3v) is 0.493. The van der Waals surface area contributed by atoms with Crippen molar-refractivity contribution in [2.24, 2.45) is 5.92 Å². The molecule has 0 saturated heterocycles. The molecule has 0 spiro atoms. The van der Waals surface area contributed by atoms with Crippen LogP contribution in [0.15, 0.2) is 0 Å². The average molecular weight is 159 g/mol. The van der Waals surface area contributed by atoms with Crippen LogP contribution in [0.4, 0.5) is 0 Å². The molecule has 0 nitrogen and oxygen atoms in total. The summed E-state index contributed by atoms with van der Waals surface area (Å²) in [6.07, 6.45) is 0.944. The molecule has 0 aromatic heterocycles. The zero-order chi connectivity index (χ0) is 4.28. The molecule has 1 unspecified atom stereocenters. The Hall–Kier alpha value is 1.10. The molecule has 0 heterocycles. The van der Waals surface area contributed by atoms with Gasteiger partial charge in [-0.3, -0.25) is 0 Å². The molecule has 35 valence electrons. The van der Waals surface area contributed by atoms with Crippen LogP contribution in [-0.4, -0.2) is 0 Å². The van der Waals surface area contributed by atoms with Crippen LogP contribution >= 0.6 is 0 Å². The van der Waals surface area contributed by atoms with E-state index in [0.29, 0.717) is 5.92 Å². The van der Waals surface area contributed by atoms with Crippen LogP contribution in [0.1, 0.15) is 13.3 Å². The van der Waals surface area contributed by atoms with E-state index >= 15 is 0 Å². The summed E-state index contributed by atoms with van der Waals surface area (Å²) in [6.45, 7) is 9.37. The van der Waals surface area contributed by atoms with Crippen molar-refractivity contribution in [2.75, 3.05) is 0 Å². The summed E-state index contributed by atoms with van der Waals surface area (Å²) >= 11 is 0. The van der Waals surface area contributed by atoms with Crippen LogP contribution in [0.25, 0.3) is 0 Å². The second-order valence-electron chi connectivity index (χ2n) is 1.39. The zero-order valence-corrected chi connectivity index (χ0v) is 7.11. The molecular weight excluding hydrogens is 149 g/mol. The van der Waals surface area contributed by atoms with Crippen LogP contribution in [0.2, 0.25) is 0 Å². The van der Waals surface area contributed by atoms with E-state index in [1.165, 1.54) is 0 Å². The molecule has 1 heteroatoms. The fourth-order valence-electron chi connectivity index (χ4n) is 0. The molecule has 0 N–H and O–H groups in total. The van der Waals surface area contributed by atoms with Crippen molar-refractivity contribution in [2.45, 2.75) is 13.3 Å². The first-order valence-electron chi connectivity index (χ1n) is 1.89. The summed E-state index contributed by atoms with van der Waals surface area (Å²) in [5, 5.41) is 0. The molecule has 0 aromatic rings. The molecule has 0 amide bonds. The molecule has 6 heavy (non-hydrogen) atoms. The summed E-state index contributed by atoms with van der Waals surface area (Å²) < 4.78 is 0. The van der Waals surface area contributed by atoms with E-state index in [-0.39, 0.29) is 32.7 Å². The fraction of sp³-hybridized carbons (Fsp3) is 0.600. The summed E-state index contributed by atoms with van der Waals surface area (Å²) in [6, 6.07) is 0. The van der Waals surface area contributed by atoms with Gasteiger partial charge in [-0.05, 0) is 0 Å². The van der Waals surface area contributed by atoms with Gasteiger partial charge in [0.05, 0.1) is 0 Å². The number of rotatable bonds is 1. The van der Waals surface area contributed by atoms with E-state index in [9.17, 15) is 0 Å². The summed E-state index contributed by atoms with van der Waals surface area (Å²) in [5.41, 5.74) is 0. The number of hydrogen-bond donors (Lipinski definition) is 0. The van der Waals surface area contributed by atoms with Crippen molar-refractivity contribution < 1.29 is 32.7 Å². The molecule has 0 saturated carbocycles. The van der Waals surface area contributed by atoms with Crippen LogP contribution in [0, 0.1) is 19.8 Å². The molecule has 0 fully saturated rings. The second-order valence-corrected chi connectivity index (χ2v) is 1.39. The SMILES string of the molecule is [CH2-]CC([CH2-])C.[Y]. The quantitative estimate of drug-likeness (QED) is 0.510. The van der Waals surface area contributed by atoms with E-state index in [2.05, 4.69) is 13.8 Å². The summed E-state index contributed by atoms with van der Waals surface area (Å²) in [5.74, 6) is 0.523. The van der Waals surface area contributed by atoms with E-state index in [1.54, 1.807) is 0 Å². The van der Waals surface area contributed by atoms with Gasteiger partial charge in [0.25, 0.3) is 0 Å². The van der Waals surface area contributed by atoms with E-state index in [4.69, 9.17) is 0 Å². The Balaban J connectivity index is 0. The molecule has 0 aliphatic carbocycles. The van der Waals surface area contributed by atoms with Crippen molar-refractivity contribution >= 4 is 0 Å². The molecule has 1 radical (unpaired) electrons. The number of hydrogen-bond acceptors (Lipinski definition) is 0. The van der Waals surface area contributed by atoms with Gasteiger partial charge in [-0.15, -0.1) is 0 Å². The molecule has 0 aromatic carbocycles. The summed E-state index contributed by atoms with van der Waals surface area (Å²) in [7, 11) is 0. The van der Waals surface area contributed by atoms with Crippen molar-refractivity contribution in [3.63, 3.8) is 0 Å². The molecular formula is C5H10Y-2. The Bertz CT molecular complexity index is 17.9. The van der Waals surface area contributed by atoms with E-state index < -0.39 is 0 Å². The van der Waals surface area contributed by atoms with Crippen LogP contribution in [0.5, 0.6) is 0 Å². The van der Waals surface area contributed by atoms with Crippen LogP contribution < -0.4 is 0 Å². The third-order valence-electron chi connectivity index (χ3n) is 0.493. The van der Waals surface area contributed by atoms with Gasteiger partial charge >= 0.3 is 0 Å². The summed E-state index contributed by atoms with van der Waals surface area (Å²) in [4.78, 5) is 0. The maximum absolute atomic E-state index is 3.69. The maximum atomic E-state index is 3.69. The molecule has 0 bridgehead atoms. The largest absolute Gasteiger partial charge is 0.345 e. The Labute approximate surface area is 65.6 Å². The monoisotopic (exact) mass is 159 g/mol. The fourth-order valence-corrected chi connectivity index (χ4v) is 0. The minimum absolute atomic E-state index is 0. The van der Waals surface area contributed by atoms with Gasteiger partial charge in [0, 0.05) is 32.7 Å². The standard InChI is InChI=1S/C5H10.Y/c1-4-5(2)3;/h5H,1-2,4H2,3H3;/q-2;. The Morgan fingerprint density at radius 3 is 1.83 bits per heavy atom. The van der Waals surface area contributed by atoms with Crippen molar-refractivity contribution in [1.82, 2.24) is 0 Å². The van der Waals surface area contributed by atoms with Crippen molar-refractivity contribution in [1.29, 1.82) is 0 Å². The van der Waals surface area contributed by atoms with E-state index in [0.717, 1.165) is 6.42 Å². The van der Waals surface area contributed by atoms with Crippen molar-refractivity contribution in [3.8, 4) is 0 Å². The third kappa shape index (κ3) is 8.92. The van der Waals surface area contributed by atoms with Crippen molar-refractivity contribution in [3.05, 3.63) is 13.8 Å². The first kappa shape index (κ1) is 10.2. The first-order chi connectivity index (χ1) is 2.27. The van der Waals surface area contributed by atoms with Crippen LogP contribution in [0.3, 0.4) is 0 Å². The average Bonchev–Trinajstić information content (AvgIpc) is 1.38. The van der Waals surface area contributed by atoms with Gasteiger partial charge in [-0.25, -0.2) is 12.3 Å². The minimum atomic E-state index is 0. The van der Waals surface area contributed by atoms with Gasteiger partial charge in [0.1, 0.15) is 0 Å². The Kier molecular flexibility index (Phi) is 10.3. The Morgan fingerprint density at radius 2 is 1.83 bits per heavy atom. The molecule has 0 aliphatic rings. The van der Waals surface area contributed by atoms with E-state index in [1.807, 2.05) is 6.92 Å². The zero-order valence-electron chi connectivity index (χ0n) is 4.28. The first-order valence-corrected chi connectivity index (χ1v) is 1.89. The van der Waals surface area contributed by atoms with Gasteiger partial charge in [-0.2, -0.15) is 0 Å². The molecule has 0 rings (SSSR count). The second kappa shape index (κ2) is 6.10. The molecule has 0 aliphatic heterocycles. The topological polar surface area (TPSA) is 0 Å². The van der Waals surface area contributed by atoms with Gasteiger partial charge < -0.3 is 13.8 Å². The van der Waals surface area contributed by atoms with Crippen LogP contribution in [-0.2, 0) is 32.7 Å². The predicted octanol–water partition coefficient (Wildman–Crippen LogP) is 1.68. The minimum Gasteiger partial charge on any atom is -0.345 e. The predicted molar refractivity (Wildman–Crippen MR) is 24.5 cm³/mol. The molecule has 1 atom stereocenters. The van der Waals surface area contributed by atoms with Gasteiger partial charge in [-0.1, -0.05) is 6.92 Å².